The topological polar surface area (TPSA) is 69.2 Å². The summed E-state index contributed by atoms with van der Waals surface area (Å²) >= 11 is 1.61. The van der Waals surface area contributed by atoms with Crippen LogP contribution in [-0.2, 0) is 0 Å². The van der Waals surface area contributed by atoms with Crippen LogP contribution in [0.4, 0.5) is 0 Å². The Morgan fingerprint density at radius 1 is 1.09 bits per heavy atom. The molecule has 0 rings (SSSR count). The van der Waals surface area contributed by atoms with Crippen molar-refractivity contribution in [3.63, 3.8) is 0 Å². The van der Waals surface area contributed by atoms with Gasteiger partial charge in [0.2, 0.25) is 0 Å². The fraction of sp³-hybridized carbons (Fsp3) is 0.714. The van der Waals surface area contributed by atoms with Gasteiger partial charge in [0.1, 0.15) is 0 Å². The molecular formula is C7H16O3Sn. The van der Waals surface area contributed by atoms with Crippen molar-refractivity contribution in [1.82, 2.24) is 0 Å². The van der Waals surface area contributed by atoms with Crippen LogP contribution in [-0.4, -0.2) is 43.9 Å². The van der Waals surface area contributed by atoms with E-state index in [0.717, 1.165) is 21.3 Å². The first kappa shape index (κ1) is 22.5. The van der Waals surface area contributed by atoms with Crippen molar-refractivity contribution in [3.8, 4) is 0 Å². The van der Waals surface area contributed by atoms with E-state index < -0.39 is 0 Å². The predicted molar refractivity (Wildman–Crippen MR) is 43.1 cm³/mol. The Morgan fingerprint density at radius 2 is 1.36 bits per heavy atom. The van der Waals surface area contributed by atoms with Gasteiger partial charge < -0.3 is 15.3 Å². The van der Waals surface area contributed by atoms with Crippen molar-refractivity contribution >= 4 is 22.5 Å². The quantitative estimate of drug-likeness (QED) is 0.432. The van der Waals surface area contributed by atoms with Gasteiger partial charge >= 0.3 is 46.0 Å². The average molecular weight is 267 g/mol. The Labute approximate surface area is 82.8 Å². The van der Waals surface area contributed by atoms with Crippen LogP contribution in [0.3, 0.4) is 0 Å². The van der Waals surface area contributed by atoms with Crippen molar-refractivity contribution in [2.75, 3.05) is 21.3 Å². The standard InChI is InChI=1S/C4H7.3CH3O.Sn/c1-3-4-2;3*1-2;/h3H,1-2,4H2;3*1H3;/q;3*-1;+3. The van der Waals surface area contributed by atoms with Gasteiger partial charge in [0, 0.05) is 0 Å². The van der Waals surface area contributed by atoms with E-state index in [1.54, 1.807) is 22.5 Å². The molecule has 0 aliphatic heterocycles. The molecule has 4 heteroatoms. The Balaban J connectivity index is -0.0000000350. The minimum absolute atomic E-state index is 0.750. The van der Waals surface area contributed by atoms with Crippen LogP contribution >= 0.6 is 0 Å². The van der Waals surface area contributed by atoms with Crippen molar-refractivity contribution < 1.29 is 15.3 Å². The third kappa shape index (κ3) is 126. The van der Waals surface area contributed by atoms with Gasteiger partial charge in [-0.05, 0) is 0 Å². The van der Waals surface area contributed by atoms with E-state index in [1.165, 1.54) is 10.9 Å². The molecule has 0 fully saturated rings. The molecule has 11 heavy (non-hydrogen) atoms. The summed E-state index contributed by atoms with van der Waals surface area (Å²) in [6.45, 7) is 3.56. The summed E-state index contributed by atoms with van der Waals surface area (Å²) in [5.41, 5.74) is 0. The first-order chi connectivity index (χ1) is 5.41. The summed E-state index contributed by atoms with van der Waals surface area (Å²) in [6.07, 6.45) is 3.15. The molecule has 0 aromatic rings. The molecule has 0 aliphatic carbocycles. The first-order valence-corrected chi connectivity index (χ1v) is 4.91. The molecule has 0 bridgehead atoms. The minimum atomic E-state index is 0.750. The molecule has 0 radical (unpaired) electrons. The van der Waals surface area contributed by atoms with Crippen molar-refractivity contribution in [2.45, 2.75) is 10.9 Å². The van der Waals surface area contributed by atoms with Crippen LogP contribution in [0.5, 0.6) is 0 Å². The molecule has 66 valence electrons. The van der Waals surface area contributed by atoms with Gasteiger partial charge in [-0.25, -0.2) is 0 Å². The molecule has 0 aromatic heterocycles. The third-order valence-electron chi connectivity index (χ3n) is 0.348. The first-order valence-electron chi connectivity index (χ1n) is 2.89. The molecule has 0 aliphatic rings. The van der Waals surface area contributed by atoms with Crippen LogP contribution < -0.4 is 15.3 Å². The van der Waals surface area contributed by atoms with Crippen LogP contribution in [0.2, 0.25) is 4.44 Å². The molecule has 0 amide bonds. The van der Waals surface area contributed by atoms with Gasteiger partial charge in [-0.15, -0.1) is 0 Å². The maximum atomic E-state index is 8.25. The van der Waals surface area contributed by atoms with Crippen molar-refractivity contribution in [2.24, 2.45) is 0 Å². The Morgan fingerprint density at radius 3 is 1.36 bits per heavy atom. The van der Waals surface area contributed by atoms with E-state index in [2.05, 4.69) is 6.58 Å². The molecule has 0 saturated heterocycles. The fourth-order valence-corrected chi connectivity index (χ4v) is 0.685. The van der Waals surface area contributed by atoms with Crippen LogP contribution in [0, 0.1) is 0 Å². The summed E-state index contributed by atoms with van der Waals surface area (Å²) in [5, 5.41) is 24.8. The van der Waals surface area contributed by atoms with Crippen molar-refractivity contribution in [3.05, 3.63) is 12.7 Å². The van der Waals surface area contributed by atoms with Gasteiger partial charge in [-0.2, -0.15) is 21.3 Å². The predicted octanol–water partition coefficient (Wildman–Crippen LogP) is -1.92. The number of rotatable bonds is 2. The van der Waals surface area contributed by atoms with Crippen molar-refractivity contribution in [1.29, 1.82) is 0 Å². The molecule has 0 aromatic carbocycles. The fourth-order valence-electron chi connectivity index (χ4n) is 0.102. The molecule has 0 heterocycles. The van der Waals surface area contributed by atoms with E-state index in [-0.39, 0.29) is 0 Å². The molecule has 0 unspecified atom stereocenters. The van der Waals surface area contributed by atoms with E-state index in [9.17, 15) is 0 Å². The second-order valence-electron chi connectivity index (χ2n) is 0.827. The molecular weight excluding hydrogens is 251 g/mol. The summed E-state index contributed by atoms with van der Waals surface area (Å²) in [7, 11) is 2.25. The third-order valence-corrected chi connectivity index (χ3v) is 1.17. The van der Waals surface area contributed by atoms with Gasteiger partial charge in [0.05, 0.1) is 0 Å². The van der Waals surface area contributed by atoms with Gasteiger partial charge in [-0.3, -0.25) is 0 Å². The molecule has 0 atom stereocenters. The molecule has 0 saturated carbocycles. The summed E-state index contributed by atoms with van der Waals surface area (Å²) in [4.78, 5) is 0. The number of allylic oxidation sites excluding steroid dienone is 1. The molecule has 0 spiro atoms. The van der Waals surface area contributed by atoms with E-state index >= 15 is 0 Å². The molecule has 0 N–H and O–H groups in total. The molecule has 3 nitrogen and oxygen atoms in total. The zero-order chi connectivity index (χ0) is 10.1. The van der Waals surface area contributed by atoms with Gasteiger partial charge in [0.15, 0.2) is 0 Å². The maximum Gasteiger partial charge on any atom is -0.153 e. The Kier molecular flexibility index (Phi) is 162. The van der Waals surface area contributed by atoms with Gasteiger partial charge in [-0.1, -0.05) is 0 Å². The van der Waals surface area contributed by atoms with Crippen LogP contribution in [0.15, 0.2) is 12.7 Å². The summed E-state index contributed by atoms with van der Waals surface area (Å²) < 4.78 is 1.32. The zero-order valence-corrected chi connectivity index (χ0v) is 10.3. The average Bonchev–Trinajstić information content (AvgIpc) is 2.16. The largest absolute Gasteiger partial charge is 0.857 e. The number of hydrogen-bond donors (Lipinski definition) is 0. The SMILES string of the molecule is C=CC[CH2][Sn+3].C[O-].C[O-].C[O-]. The second kappa shape index (κ2) is 79.1. The Bertz CT molecular complexity index is 34.9. The van der Waals surface area contributed by atoms with Crippen LogP contribution in [0.1, 0.15) is 6.42 Å². The van der Waals surface area contributed by atoms with Gasteiger partial charge in [0.25, 0.3) is 0 Å². The van der Waals surface area contributed by atoms with E-state index in [4.69, 9.17) is 15.3 Å². The summed E-state index contributed by atoms with van der Waals surface area (Å²) in [6, 6.07) is 0. The maximum absolute atomic E-state index is 8.25. The Hall–Kier alpha value is 0.419. The minimum Gasteiger partial charge on any atom is -0.857 e. The van der Waals surface area contributed by atoms with Crippen LogP contribution in [0.25, 0.3) is 0 Å². The second-order valence-corrected chi connectivity index (χ2v) is 2.25. The number of hydrogen-bond acceptors (Lipinski definition) is 3. The smallest absolute Gasteiger partial charge is 0.153 e. The normalized spacial score (nSPS) is 5.09. The monoisotopic (exact) mass is 268 g/mol. The zero-order valence-electron chi connectivity index (χ0n) is 7.42. The summed E-state index contributed by atoms with van der Waals surface area (Å²) in [5.74, 6) is 0. The van der Waals surface area contributed by atoms with E-state index in [0.29, 0.717) is 0 Å². The van der Waals surface area contributed by atoms with E-state index in [1.807, 2.05) is 6.08 Å².